The van der Waals surface area contributed by atoms with Crippen molar-refractivity contribution in [2.24, 2.45) is 5.73 Å². The first-order chi connectivity index (χ1) is 5.65. The molecule has 0 aromatic carbocycles. The molecule has 5 nitrogen and oxygen atoms in total. The molecule has 0 aliphatic rings. The van der Waals surface area contributed by atoms with Crippen LogP contribution in [0.4, 0.5) is 0 Å². The van der Waals surface area contributed by atoms with E-state index in [1.165, 1.54) is 19.4 Å². The Balaban J connectivity index is 2.81. The van der Waals surface area contributed by atoms with Gasteiger partial charge in [-0.15, -0.1) is 0 Å². The van der Waals surface area contributed by atoms with Crippen LogP contribution in [0.25, 0.3) is 0 Å². The third kappa shape index (κ3) is 1.57. The minimum absolute atomic E-state index is 0.180. The smallest absolute Gasteiger partial charge is 0.328 e. The number of carboxylic acid groups (broad SMARTS) is 1. The normalized spacial score (nSPS) is 12.5. The zero-order chi connectivity index (χ0) is 9.14. The highest BCUT2D eigenvalue weighted by Crippen LogP contribution is 2.19. The van der Waals surface area contributed by atoms with Crippen LogP contribution in [0.15, 0.2) is 16.7 Å². The standard InChI is InChI=1S/C7H9NO4/c1-11-4-2-5(12-3-4)6(8)7(9)10/h2-3,6H,8H2,1H3,(H,9,10). The molecule has 1 aromatic heterocycles. The molecule has 0 saturated heterocycles. The Kier molecular flexibility index (Phi) is 2.35. The van der Waals surface area contributed by atoms with Crippen LogP contribution in [0, 0.1) is 0 Å². The predicted octanol–water partition coefficient (Wildman–Crippen LogP) is 0.373. The Morgan fingerprint density at radius 1 is 1.83 bits per heavy atom. The van der Waals surface area contributed by atoms with Gasteiger partial charge in [-0.1, -0.05) is 0 Å². The average molecular weight is 171 g/mol. The first-order valence-corrected chi connectivity index (χ1v) is 3.26. The number of hydrogen-bond acceptors (Lipinski definition) is 4. The maximum Gasteiger partial charge on any atom is 0.328 e. The molecule has 0 saturated carbocycles. The van der Waals surface area contributed by atoms with Gasteiger partial charge in [-0.3, -0.25) is 4.79 Å². The van der Waals surface area contributed by atoms with E-state index >= 15 is 0 Å². The molecule has 66 valence electrons. The van der Waals surface area contributed by atoms with E-state index in [0.717, 1.165) is 0 Å². The maximum absolute atomic E-state index is 10.4. The SMILES string of the molecule is COc1coc(C(N)C(=O)O)c1. The molecule has 1 atom stereocenters. The number of carboxylic acids is 1. The third-order valence-corrected chi connectivity index (χ3v) is 1.40. The predicted molar refractivity (Wildman–Crippen MR) is 39.8 cm³/mol. The van der Waals surface area contributed by atoms with Crippen LogP contribution in [0.1, 0.15) is 11.8 Å². The van der Waals surface area contributed by atoms with Crippen molar-refractivity contribution in [3.63, 3.8) is 0 Å². The van der Waals surface area contributed by atoms with Crippen molar-refractivity contribution in [2.75, 3.05) is 7.11 Å². The summed E-state index contributed by atoms with van der Waals surface area (Å²) in [6, 6.07) is 0.313. The summed E-state index contributed by atoms with van der Waals surface area (Å²) in [7, 11) is 1.46. The number of aliphatic carboxylic acids is 1. The van der Waals surface area contributed by atoms with Crippen molar-refractivity contribution in [1.82, 2.24) is 0 Å². The Hall–Kier alpha value is -1.49. The largest absolute Gasteiger partial charge is 0.493 e. The van der Waals surface area contributed by atoms with Crippen molar-refractivity contribution in [3.05, 3.63) is 18.1 Å². The van der Waals surface area contributed by atoms with E-state index in [4.69, 9.17) is 20.0 Å². The maximum atomic E-state index is 10.4. The Morgan fingerprint density at radius 3 is 2.92 bits per heavy atom. The minimum Gasteiger partial charge on any atom is -0.493 e. The van der Waals surface area contributed by atoms with Crippen LogP contribution in [0.2, 0.25) is 0 Å². The monoisotopic (exact) mass is 171 g/mol. The summed E-state index contributed by atoms with van der Waals surface area (Å²) in [6.07, 6.45) is 1.30. The van der Waals surface area contributed by atoms with E-state index in [1.54, 1.807) is 0 Å². The lowest BCUT2D eigenvalue weighted by Gasteiger charge is -1.99. The van der Waals surface area contributed by atoms with E-state index in [-0.39, 0.29) is 5.76 Å². The van der Waals surface area contributed by atoms with E-state index in [9.17, 15) is 4.79 Å². The summed E-state index contributed by atoms with van der Waals surface area (Å²) >= 11 is 0. The molecule has 0 radical (unpaired) electrons. The molecule has 0 amide bonds. The molecule has 5 heteroatoms. The molecule has 1 heterocycles. The van der Waals surface area contributed by atoms with Gasteiger partial charge in [0.25, 0.3) is 0 Å². The van der Waals surface area contributed by atoms with E-state index in [2.05, 4.69) is 0 Å². The van der Waals surface area contributed by atoms with Crippen LogP contribution >= 0.6 is 0 Å². The van der Waals surface area contributed by atoms with Crippen LogP contribution in [0.5, 0.6) is 5.75 Å². The van der Waals surface area contributed by atoms with E-state index in [1.807, 2.05) is 0 Å². The van der Waals surface area contributed by atoms with Crippen molar-refractivity contribution >= 4 is 5.97 Å². The van der Waals surface area contributed by atoms with Gasteiger partial charge in [-0.2, -0.15) is 0 Å². The van der Waals surface area contributed by atoms with E-state index in [0.29, 0.717) is 5.75 Å². The topological polar surface area (TPSA) is 85.7 Å². The quantitative estimate of drug-likeness (QED) is 0.686. The molecular weight excluding hydrogens is 162 g/mol. The number of carbonyl (C=O) groups is 1. The minimum atomic E-state index is -1.13. The number of nitrogens with two attached hydrogens (primary N) is 1. The van der Waals surface area contributed by atoms with Crippen LogP contribution < -0.4 is 10.5 Å². The second-order valence-electron chi connectivity index (χ2n) is 2.20. The van der Waals surface area contributed by atoms with Crippen molar-refractivity contribution in [3.8, 4) is 5.75 Å². The summed E-state index contributed by atoms with van der Waals surface area (Å²) in [6.45, 7) is 0. The second kappa shape index (κ2) is 3.27. The van der Waals surface area contributed by atoms with Crippen LogP contribution in [-0.2, 0) is 4.79 Å². The van der Waals surface area contributed by atoms with Gasteiger partial charge in [0.1, 0.15) is 12.0 Å². The van der Waals surface area contributed by atoms with Crippen molar-refractivity contribution in [2.45, 2.75) is 6.04 Å². The molecule has 1 rings (SSSR count). The van der Waals surface area contributed by atoms with Gasteiger partial charge in [0.2, 0.25) is 0 Å². The van der Waals surface area contributed by atoms with Gasteiger partial charge in [0, 0.05) is 6.07 Å². The molecule has 1 unspecified atom stereocenters. The Labute approximate surface area is 68.7 Å². The lowest BCUT2D eigenvalue weighted by atomic mass is 10.2. The molecule has 0 bridgehead atoms. The van der Waals surface area contributed by atoms with Gasteiger partial charge >= 0.3 is 5.97 Å². The third-order valence-electron chi connectivity index (χ3n) is 1.40. The first kappa shape index (κ1) is 8.61. The molecule has 0 spiro atoms. The fraction of sp³-hybridized carbons (Fsp3) is 0.286. The average Bonchev–Trinajstić information content (AvgIpc) is 2.50. The van der Waals surface area contributed by atoms with Crippen molar-refractivity contribution in [1.29, 1.82) is 0 Å². The Morgan fingerprint density at radius 2 is 2.50 bits per heavy atom. The highest BCUT2D eigenvalue weighted by atomic mass is 16.5. The lowest BCUT2D eigenvalue weighted by molar-refractivity contribution is -0.139. The molecular formula is C7H9NO4. The fourth-order valence-electron chi connectivity index (χ4n) is 0.726. The molecule has 0 aliphatic heterocycles. The summed E-state index contributed by atoms with van der Waals surface area (Å²) in [5.41, 5.74) is 5.26. The zero-order valence-corrected chi connectivity index (χ0v) is 6.48. The molecule has 1 aromatic rings. The summed E-state index contributed by atoms with van der Waals surface area (Å²) in [5.74, 6) is -0.493. The molecule has 3 N–H and O–H groups in total. The fourth-order valence-corrected chi connectivity index (χ4v) is 0.726. The first-order valence-electron chi connectivity index (χ1n) is 3.26. The summed E-state index contributed by atoms with van der Waals surface area (Å²) in [4.78, 5) is 10.4. The number of ether oxygens (including phenoxy) is 1. The number of rotatable bonds is 3. The van der Waals surface area contributed by atoms with Gasteiger partial charge in [-0.05, 0) is 0 Å². The highest BCUT2D eigenvalue weighted by Gasteiger charge is 2.18. The summed E-state index contributed by atoms with van der Waals surface area (Å²) < 4.78 is 9.63. The lowest BCUT2D eigenvalue weighted by Crippen LogP contribution is -2.19. The van der Waals surface area contributed by atoms with Gasteiger partial charge in [0.05, 0.1) is 7.11 Å². The van der Waals surface area contributed by atoms with Gasteiger partial charge in [-0.25, -0.2) is 0 Å². The second-order valence-corrected chi connectivity index (χ2v) is 2.20. The molecule has 0 fully saturated rings. The number of methoxy groups -OCH3 is 1. The highest BCUT2D eigenvalue weighted by molar-refractivity contribution is 5.74. The van der Waals surface area contributed by atoms with Crippen LogP contribution in [0.3, 0.4) is 0 Å². The summed E-state index contributed by atoms with van der Waals surface area (Å²) in [5, 5.41) is 8.49. The number of hydrogen-bond donors (Lipinski definition) is 2. The molecule has 0 aliphatic carbocycles. The number of furan rings is 1. The van der Waals surface area contributed by atoms with Gasteiger partial charge < -0.3 is 20.0 Å². The van der Waals surface area contributed by atoms with Crippen molar-refractivity contribution < 1.29 is 19.1 Å². The molecule has 12 heavy (non-hydrogen) atoms. The Bertz CT molecular complexity index is 281. The van der Waals surface area contributed by atoms with E-state index < -0.39 is 12.0 Å². The zero-order valence-electron chi connectivity index (χ0n) is 6.48. The van der Waals surface area contributed by atoms with Crippen LogP contribution in [-0.4, -0.2) is 18.2 Å². The van der Waals surface area contributed by atoms with Gasteiger partial charge in [0.15, 0.2) is 11.8 Å².